The molecule has 2 amide bonds. The number of carbonyl (C=O) groups excluding carboxylic acids is 1. The van der Waals surface area contributed by atoms with Crippen LogP contribution in [0.15, 0.2) is 29.2 Å². The molecular weight excluding hydrogens is 316 g/mol. The average molecular weight is 341 g/mol. The molecule has 2 N–H and O–H groups in total. The Labute approximate surface area is 139 Å². The number of hydrogen-bond acceptors (Lipinski definition) is 3. The van der Waals surface area contributed by atoms with E-state index in [0.717, 1.165) is 17.1 Å². The van der Waals surface area contributed by atoms with Gasteiger partial charge < -0.3 is 10.6 Å². The highest BCUT2D eigenvalue weighted by atomic mass is 32.2. The van der Waals surface area contributed by atoms with Gasteiger partial charge in [-0.25, -0.2) is 4.79 Å². The molecule has 1 aliphatic carbocycles. The predicted octanol–water partition coefficient (Wildman–Crippen LogP) is 3.61. The van der Waals surface area contributed by atoms with Crippen LogP contribution in [0.4, 0.5) is 10.5 Å². The smallest absolute Gasteiger partial charge is 0.319 e. The van der Waals surface area contributed by atoms with E-state index in [9.17, 15) is 9.00 Å². The van der Waals surface area contributed by atoms with Crippen LogP contribution in [0.3, 0.4) is 0 Å². The zero-order chi connectivity index (χ0) is 15.9. The van der Waals surface area contributed by atoms with E-state index in [-0.39, 0.29) is 12.1 Å². The molecule has 0 spiro atoms. The second kappa shape index (κ2) is 8.58. The van der Waals surface area contributed by atoms with Crippen molar-refractivity contribution in [1.82, 2.24) is 5.32 Å². The number of amides is 2. The molecule has 22 heavy (non-hydrogen) atoms. The molecule has 1 fully saturated rings. The van der Waals surface area contributed by atoms with E-state index >= 15 is 0 Å². The van der Waals surface area contributed by atoms with Crippen molar-refractivity contribution < 1.29 is 9.00 Å². The first-order valence-electron chi connectivity index (χ1n) is 7.72. The number of thioether (sulfide) groups is 1. The van der Waals surface area contributed by atoms with E-state index in [0.29, 0.717) is 10.9 Å². The quantitative estimate of drug-likeness (QED) is 0.861. The molecule has 0 saturated heterocycles. The molecule has 1 aromatic carbocycles. The molecule has 0 bridgehead atoms. The van der Waals surface area contributed by atoms with Gasteiger partial charge in [-0.05, 0) is 36.8 Å². The predicted molar refractivity (Wildman–Crippen MR) is 95.1 cm³/mol. The van der Waals surface area contributed by atoms with Crippen LogP contribution in [0.25, 0.3) is 0 Å². The fourth-order valence-electron chi connectivity index (χ4n) is 2.76. The Balaban J connectivity index is 1.94. The zero-order valence-electron chi connectivity index (χ0n) is 13.1. The summed E-state index contributed by atoms with van der Waals surface area (Å²) in [4.78, 5) is 12.9. The summed E-state index contributed by atoms with van der Waals surface area (Å²) in [6, 6.07) is 7.25. The molecule has 1 aliphatic rings. The summed E-state index contributed by atoms with van der Waals surface area (Å²) in [5.74, 6) is 1.08. The van der Waals surface area contributed by atoms with Crippen LogP contribution in [-0.2, 0) is 10.8 Å². The normalized spacial score (nSPS) is 22.8. The van der Waals surface area contributed by atoms with Crippen molar-refractivity contribution in [2.75, 3.05) is 17.3 Å². The summed E-state index contributed by atoms with van der Waals surface area (Å²) >= 11 is 1.93. The van der Waals surface area contributed by atoms with Crippen molar-refractivity contribution in [3.63, 3.8) is 0 Å². The summed E-state index contributed by atoms with van der Waals surface area (Å²) < 4.78 is 11.5. The number of benzene rings is 1. The van der Waals surface area contributed by atoms with Crippen LogP contribution in [-0.4, -0.2) is 33.5 Å². The highest BCUT2D eigenvalue weighted by Gasteiger charge is 2.26. The minimum Gasteiger partial charge on any atom is -0.334 e. The van der Waals surface area contributed by atoms with Crippen molar-refractivity contribution in [1.29, 1.82) is 0 Å². The number of carbonyl (C=O) groups is 1. The zero-order valence-corrected chi connectivity index (χ0v) is 14.8. The largest absolute Gasteiger partial charge is 0.334 e. The number of rotatable bonds is 5. The molecule has 1 aromatic rings. The van der Waals surface area contributed by atoms with Crippen molar-refractivity contribution in [2.24, 2.45) is 0 Å². The average Bonchev–Trinajstić information content (AvgIpc) is 2.49. The van der Waals surface area contributed by atoms with Gasteiger partial charge in [0.1, 0.15) is 0 Å². The molecular formula is C16H24N2O2S2. The first kappa shape index (κ1) is 17.3. The highest BCUT2D eigenvalue weighted by Crippen LogP contribution is 2.28. The van der Waals surface area contributed by atoms with Gasteiger partial charge in [-0.15, -0.1) is 0 Å². The lowest BCUT2D eigenvalue weighted by Gasteiger charge is -2.31. The van der Waals surface area contributed by atoms with Gasteiger partial charge >= 0.3 is 6.03 Å². The monoisotopic (exact) mass is 340 g/mol. The molecule has 2 rings (SSSR count). The van der Waals surface area contributed by atoms with Gasteiger partial charge in [0.2, 0.25) is 0 Å². The third-order valence-electron chi connectivity index (χ3n) is 3.82. The fraction of sp³-hybridized carbons (Fsp3) is 0.562. The molecule has 0 aromatic heterocycles. The van der Waals surface area contributed by atoms with E-state index in [2.05, 4.69) is 17.6 Å². The van der Waals surface area contributed by atoms with Gasteiger partial charge in [0, 0.05) is 38.9 Å². The maximum atomic E-state index is 12.2. The molecule has 0 heterocycles. The molecule has 6 heteroatoms. The van der Waals surface area contributed by atoms with Gasteiger partial charge in [0.15, 0.2) is 0 Å². The molecule has 3 atom stereocenters. The Bertz CT molecular complexity index is 535. The SMILES string of the molecule is CCS[C@@H]1CCCC[C@H]1NC(=O)Nc1cccc([S@](C)=O)c1. The summed E-state index contributed by atoms with van der Waals surface area (Å²) in [6.45, 7) is 2.16. The molecule has 4 nitrogen and oxygen atoms in total. The lowest BCUT2D eigenvalue weighted by atomic mass is 9.95. The number of anilines is 1. The Hall–Kier alpha value is -1.01. The Kier molecular flexibility index (Phi) is 6.76. The third-order valence-corrected chi connectivity index (χ3v) is 6.07. The van der Waals surface area contributed by atoms with Gasteiger partial charge in [0.05, 0.1) is 0 Å². The van der Waals surface area contributed by atoms with Crippen LogP contribution in [0, 0.1) is 0 Å². The Morgan fingerprint density at radius 2 is 2.14 bits per heavy atom. The van der Waals surface area contributed by atoms with Crippen molar-refractivity contribution in [2.45, 2.75) is 48.8 Å². The van der Waals surface area contributed by atoms with E-state index < -0.39 is 10.8 Å². The molecule has 122 valence electrons. The van der Waals surface area contributed by atoms with Crippen LogP contribution in [0.2, 0.25) is 0 Å². The topological polar surface area (TPSA) is 58.2 Å². The Morgan fingerprint density at radius 3 is 2.86 bits per heavy atom. The summed E-state index contributed by atoms with van der Waals surface area (Å²) in [7, 11) is -1.04. The van der Waals surface area contributed by atoms with E-state index in [1.807, 2.05) is 23.9 Å². The van der Waals surface area contributed by atoms with Crippen molar-refractivity contribution in [3.05, 3.63) is 24.3 Å². The van der Waals surface area contributed by atoms with Crippen LogP contribution in [0.1, 0.15) is 32.6 Å². The standard InChI is InChI=1S/C16H24N2O2S2/c1-3-21-15-10-5-4-9-14(15)18-16(19)17-12-7-6-8-13(11-12)22(2)20/h6-8,11,14-15H,3-5,9-10H2,1-2H3,(H2,17,18,19)/t14-,15-,22+/m1/s1. The summed E-state index contributed by atoms with van der Waals surface area (Å²) in [5.41, 5.74) is 0.681. The molecule has 0 radical (unpaired) electrons. The van der Waals surface area contributed by atoms with E-state index in [4.69, 9.17) is 0 Å². The molecule has 1 saturated carbocycles. The minimum atomic E-state index is -1.04. The van der Waals surface area contributed by atoms with Crippen LogP contribution >= 0.6 is 11.8 Å². The van der Waals surface area contributed by atoms with Gasteiger partial charge in [-0.3, -0.25) is 4.21 Å². The van der Waals surface area contributed by atoms with Crippen molar-refractivity contribution >= 4 is 34.3 Å². The summed E-state index contributed by atoms with van der Waals surface area (Å²) in [6.07, 6.45) is 6.28. The van der Waals surface area contributed by atoms with Crippen LogP contribution < -0.4 is 10.6 Å². The van der Waals surface area contributed by atoms with Crippen LogP contribution in [0.5, 0.6) is 0 Å². The third kappa shape index (κ3) is 5.02. The van der Waals surface area contributed by atoms with Gasteiger partial charge in [-0.2, -0.15) is 11.8 Å². The maximum Gasteiger partial charge on any atom is 0.319 e. The minimum absolute atomic E-state index is 0.173. The number of nitrogens with one attached hydrogen (secondary N) is 2. The molecule has 0 unspecified atom stereocenters. The Morgan fingerprint density at radius 1 is 1.36 bits per heavy atom. The van der Waals surface area contributed by atoms with Crippen molar-refractivity contribution in [3.8, 4) is 0 Å². The van der Waals surface area contributed by atoms with E-state index in [1.54, 1.807) is 18.4 Å². The van der Waals surface area contributed by atoms with Gasteiger partial charge in [0.25, 0.3) is 0 Å². The van der Waals surface area contributed by atoms with Gasteiger partial charge in [-0.1, -0.05) is 25.8 Å². The maximum absolute atomic E-state index is 12.2. The number of hydrogen-bond donors (Lipinski definition) is 2. The first-order valence-corrected chi connectivity index (χ1v) is 10.3. The highest BCUT2D eigenvalue weighted by molar-refractivity contribution is 7.99. The number of urea groups is 1. The summed E-state index contributed by atoms with van der Waals surface area (Å²) in [5, 5.41) is 6.47. The first-order chi connectivity index (χ1) is 10.6. The molecule has 0 aliphatic heterocycles. The fourth-order valence-corrected chi connectivity index (χ4v) is 4.52. The van der Waals surface area contributed by atoms with E-state index in [1.165, 1.54) is 19.3 Å². The second-order valence-electron chi connectivity index (χ2n) is 5.47. The lowest BCUT2D eigenvalue weighted by molar-refractivity contribution is 0.245. The lowest BCUT2D eigenvalue weighted by Crippen LogP contribution is -2.45. The second-order valence-corrected chi connectivity index (χ2v) is 8.36.